The second-order valence-corrected chi connectivity index (χ2v) is 5.29. The fourth-order valence-corrected chi connectivity index (χ4v) is 1.30. The molecule has 0 aliphatic rings. The summed E-state index contributed by atoms with van der Waals surface area (Å²) in [6.45, 7) is 7.37. The zero-order chi connectivity index (χ0) is 13.8. The Kier molecular flexibility index (Phi) is 4.84. The smallest absolute Gasteiger partial charge is 0.227 e. The Morgan fingerprint density at radius 1 is 1.50 bits per heavy atom. The molecule has 0 radical (unpaired) electrons. The average molecular weight is 255 g/mol. The van der Waals surface area contributed by atoms with Gasteiger partial charge in [0.05, 0.1) is 12.1 Å². The Hall–Kier alpha value is -1.43. The number of carbonyl (C=O) groups excluding carboxylic acids is 1. The minimum absolute atomic E-state index is 0.100. The van der Waals surface area contributed by atoms with Crippen LogP contribution in [0.5, 0.6) is 0 Å². The summed E-state index contributed by atoms with van der Waals surface area (Å²) in [5.41, 5.74) is -0.602. The van der Waals surface area contributed by atoms with Crippen molar-refractivity contribution < 1.29 is 14.4 Å². The lowest BCUT2D eigenvalue weighted by atomic mass is 10.1. The highest BCUT2D eigenvalue weighted by Gasteiger charge is 2.19. The van der Waals surface area contributed by atoms with E-state index >= 15 is 0 Å². The van der Waals surface area contributed by atoms with Crippen molar-refractivity contribution in [1.29, 1.82) is 0 Å². The predicted octanol–water partition coefficient (Wildman–Crippen LogP) is 1.01. The molecule has 1 aromatic heterocycles. The maximum Gasteiger partial charge on any atom is 0.227 e. The molecule has 0 fully saturated rings. The first-order valence-electron chi connectivity index (χ1n) is 6.08. The van der Waals surface area contributed by atoms with E-state index in [1.165, 1.54) is 0 Å². The van der Waals surface area contributed by atoms with E-state index in [9.17, 15) is 4.79 Å². The van der Waals surface area contributed by atoms with Crippen LogP contribution in [-0.2, 0) is 11.2 Å². The quantitative estimate of drug-likeness (QED) is 0.792. The molecule has 1 aromatic rings. The summed E-state index contributed by atoms with van der Waals surface area (Å²) >= 11 is 0. The van der Waals surface area contributed by atoms with Gasteiger partial charge in [0, 0.05) is 18.8 Å². The molecule has 0 bridgehead atoms. The molecule has 0 spiro atoms. The van der Waals surface area contributed by atoms with Crippen molar-refractivity contribution in [3.05, 3.63) is 11.7 Å². The number of aryl methyl sites for hydroxylation is 1. The van der Waals surface area contributed by atoms with Gasteiger partial charge in [-0.2, -0.15) is 4.98 Å². The van der Waals surface area contributed by atoms with Gasteiger partial charge in [-0.05, 0) is 13.8 Å². The van der Waals surface area contributed by atoms with Gasteiger partial charge in [-0.15, -0.1) is 0 Å². The Balaban J connectivity index is 2.42. The highest BCUT2D eigenvalue weighted by molar-refractivity contribution is 5.76. The topological polar surface area (TPSA) is 88.2 Å². The molecule has 2 N–H and O–H groups in total. The molecule has 6 nitrogen and oxygen atoms in total. The highest BCUT2D eigenvalue weighted by Crippen LogP contribution is 2.10. The van der Waals surface area contributed by atoms with E-state index in [-0.39, 0.29) is 24.9 Å². The lowest BCUT2D eigenvalue weighted by Crippen LogP contribution is -2.46. The molecular formula is C12H21N3O3. The molecular weight excluding hydrogens is 234 g/mol. The summed E-state index contributed by atoms with van der Waals surface area (Å²) in [7, 11) is 0. The van der Waals surface area contributed by atoms with Crippen LogP contribution in [0.3, 0.4) is 0 Å². The molecule has 1 rings (SSSR count). The number of rotatable bonds is 6. The van der Waals surface area contributed by atoms with Crippen LogP contribution < -0.4 is 5.32 Å². The van der Waals surface area contributed by atoms with Crippen molar-refractivity contribution >= 4 is 5.91 Å². The molecule has 0 unspecified atom stereocenters. The van der Waals surface area contributed by atoms with Gasteiger partial charge in [0.15, 0.2) is 5.82 Å². The highest BCUT2D eigenvalue weighted by atomic mass is 16.5. The fraction of sp³-hybridized carbons (Fsp3) is 0.750. The third-order valence-electron chi connectivity index (χ3n) is 2.44. The molecule has 0 aromatic carbocycles. The predicted molar refractivity (Wildman–Crippen MR) is 66.0 cm³/mol. The summed E-state index contributed by atoms with van der Waals surface area (Å²) in [6.07, 6.45) is 0.677. The van der Waals surface area contributed by atoms with Gasteiger partial charge in [-0.25, -0.2) is 0 Å². The van der Waals surface area contributed by atoms with Gasteiger partial charge >= 0.3 is 0 Å². The molecule has 0 aliphatic carbocycles. The van der Waals surface area contributed by atoms with E-state index in [1.807, 2.05) is 13.8 Å². The van der Waals surface area contributed by atoms with Crippen LogP contribution in [-0.4, -0.2) is 33.3 Å². The van der Waals surface area contributed by atoms with E-state index in [2.05, 4.69) is 15.5 Å². The lowest BCUT2D eigenvalue weighted by molar-refractivity contribution is -0.123. The SMILES string of the molecule is CC(C)c1noc(CCC(=O)NC(C)(C)CO)n1. The number of carbonyl (C=O) groups is 1. The van der Waals surface area contributed by atoms with Crippen molar-refractivity contribution in [2.24, 2.45) is 0 Å². The number of nitrogens with one attached hydrogen (secondary N) is 1. The van der Waals surface area contributed by atoms with Crippen LogP contribution in [0.25, 0.3) is 0 Å². The molecule has 0 aliphatic heterocycles. The van der Waals surface area contributed by atoms with Crippen molar-refractivity contribution in [3.63, 3.8) is 0 Å². The molecule has 6 heteroatoms. The molecule has 1 amide bonds. The van der Waals surface area contributed by atoms with Crippen molar-refractivity contribution in [2.45, 2.75) is 52.0 Å². The van der Waals surface area contributed by atoms with Gasteiger partial charge in [0.1, 0.15) is 0 Å². The minimum Gasteiger partial charge on any atom is -0.394 e. The van der Waals surface area contributed by atoms with Crippen LogP contribution in [0.4, 0.5) is 0 Å². The normalized spacial score (nSPS) is 11.9. The van der Waals surface area contributed by atoms with Gasteiger partial charge in [-0.3, -0.25) is 4.79 Å². The molecule has 0 saturated carbocycles. The zero-order valence-corrected chi connectivity index (χ0v) is 11.4. The molecule has 0 saturated heterocycles. The fourth-order valence-electron chi connectivity index (χ4n) is 1.30. The number of hydrogen-bond donors (Lipinski definition) is 2. The Labute approximate surface area is 107 Å². The minimum atomic E-state index is -0.602. The monoisotopic (exact) mass is 255 g/mol. The summed E-state index contributed by atoms with van der Waals surface area (Å²) < 4.78 is 5.04. The van der Waals surface area contributed by atoms with Gasteiger partial charge in [-0.1, -0.05) is 19.0 Å². The van der Waals surface area contributed by atoms with Crippen LogP contribution in [0.15, 0.2) is 4.52 Å². The van der Waals surface area contributed by atoms with Gasteiger partial charge in [0.25, 0.3) is 0 Å². The number of aliphatic hydroxyl groups is 1. The van der Waals surface area contributed by atoms with E-state index < -0.39 is 5.54 Å². The summed E-state index contributed by atoms with van der Waals surface area (Å²) in [6, 6.07) is 0. The van der Waals surface area contributed by atoms with Crippen molar-refractivity contribution in [1.82, 2.24) is 15.5 Å². The summed E-state index contributed by atoms with van der Waals surface area (Å²) in [5, 5.41) is 15.6. The van der Waals surface area contributed by atoms with E-state index in [4.69, 9.17) is 9.63 Å². The number of nitrogens with zero attached hydrogens (tertiary/aromatic N) is 2. The van der Waals surface area contributed by atoms with Crippen LogP contribution in [0.2, 0.25) is 0 Å². The Bertz CT molecular complexity index is 399. The second-order valence-electron chi connectivity index (χ2n) is 5.29. The van der Waals surface area contributed by atoms with Crippen LogP contribution >= 0.6 is 0 Å². The van der Waals surface area contributed by atoms with Crippen molar-refractivity contribution in [3.8, 4) is 0 Å². The summed E-state index contributed by atoms with van der Waals surface area (Å²) in [4.78, 5) is 15.8. The van der Waals surface area contributed by atoms with Gasteiger partial charge < -0.3 is 14.9 Å². The van der Waals surface area contributed by atoms with E-state index in [0.717, 1.165) is 0 Å². The molecule has 1 heterocycles. The zero-order valence-electron chi connectivity index (χ0n) is 11.4. The standard InChI is InChI=1S/C12H21N3O3/c1-8(2)11-13-10(18-15-11)6-5-9(17)14-12(3,4)7-16/h8,16H,5-7H2,1-4H3,(H,14,17). The second kappa shape index (κ2) is 5.95. The van der Waals surface area contributed by atoms with E-state index in [1.54, 1.807) is 13.8 Å². The first-order valence-corrected chi connectivity index (χ1v) is 6.08. The number of aliphatic hydroxyl groups excluding tert-OH is 1. The molecule has 0 atom stereocenters. The molecule has 18 heavy (non-hydrogen) atoms. The lowest BCUT2D eigenvalue weighted by Gasteiger charge is -2.23. The number of amides is 1. The average Bonchev–Trinajstić information content (AvgIpc) is 2.74. The third-order valence-corrected chi connectivity index (χ3v) is 2.44. The first kappa shape index (κ1) is 14.6. The largest absolute Gasteiger partial charge is 0.394 e. The maximum absolute atomic E-state index is 11.6. The molecule has 102 valence electrons. The van der Waals surface area contributed by atoms with Crippen molar-refractivity contribution in [2.75, 3.05) is 6.61 Å². The van der Waals surface area contributed by atoms with Crippen LogP contribution in [0.1, 0.15) is 51.7 Å². The maximum atomic E-state index is 11.6. The van der Waals surface area contributed by atoms with Crippen LogP contribution in [0, 0.1) is 0 Å². The first-order chi connectivity index (χ1) is 8.34. The Morgan fingerprint density at radius 3 is 2.67 bits per heavy atom. The summed E-state index contributed by atoms with van der Waals surface area (Å²) in [5.74, 6) is 1.19. The Morgan fingerprint density at radius 2 is 2.17 bits per heavy atom. The number of hydrogen-bond acceptors (Lipinski definition) is 5. The number of aromatic nitrogens is 2. The third kappa shape index (κ3) is 4.44. The van der Waals surface area contributed by atoms with Gasteiger partial charge in [0.2, 0.25) is 11.8 Å². The van der Waals surface area contributed by atoms with E-state index in [0.29, 0.717) is 18.1 Å².